The molecule has 2 heterocycles. The Bertz CT molecular complexity index is 1060. The number of aromatic nitrogens is 2. The average molecular weight is 500 g/mol. The SMILES string of the molecule is CC(=O)Nc1nc2cccc(Br)c2s1.Nc1nc2cccc(Br)c2s1. The number of nitrogen functional groups attached to an aromatic ring is 1. The molecule has 2 aromatic carbocycles. The van der Waals surface area contributed by atoms with Gasteiger partial charge < -0.3 is 11.1 Å². The Hall–Kier alpha value is -1.55. The summed E-state index contributed by atoms with van der Waals surface area (Å²) >= 11 is 9.82. The van der Waals surface area contributed by atoms with Gasteiger partial charge in [0.05, 0.1) is 20.4 Å². The molecule has 0 unspecified atom stereocenters. The molecule has 0 aliphatic carbocycles. The lowest BCUT2D eigenvalue weighted by molar-refractivity contribution is -0.114. The van der Waals surface area contributed by atoms with E-state index in [-0.39, 0.29) is 5.91 Å². The van der Waals surface area contributed by atoms with E-state index >= 15 is 0 Å². The Morgan fingerprint density at radius 3 is 2.08 bits per heavy atom. The average Bonchev–Trinajstić information content (AvgIpc) is 3.11. The van der Waals surface area contributed by atoms with Crippen LogP contribution in [0.15, 0.2) is 45.3 Å². The number of carbonyl (C=O) groups is 1. The molecular formula is C16H12Br2N4OS2. The molecule has 0 aliphatic rings. The van der Waals surface area contributed by atoms with Gasteiger partial charge in [-0.05, 0) is 56.1 Å². The van der Waals surface area contributed by atoms with Crippen molar-refractivity contribution in [1.82, 2.24) is 9.97 Å². The van der Waals surface area contributed by atoms with E-state index in [1.165, 1.54) is 29.6 Å². The third-order valence-electron chi connectivity index (χ3n) is 3.03. The molecule has 0 fully saturated rings. The van der Waals surface area contributed by atoms with Gasteiger partial charge in [0, 0.05) is 15.9 Å². The fraction of sp³-hybridized carbons (Fsp3) is 0.0625. The molecular weight excluding hydrogens is 488 g/mol. The van der Waals surface area contributed by atoms with Gasteiger partial charge in [-0.15, -0.1) is 0 Å². The monoisotopic (exact) mass is 498 g/mol. The maximum Gasteiger partial charge on any atom is 0.223 e. The number of carbonyl (C=O) groups excluding carboxylic acids is 1. The first-order valence-electron chi connectivity index (χ1n) is 7.07. The van der Waals surface area contributed by atoms with E-state index in [1.807, 2.05) is 36.4 Å². The summed E-state index contributed by atoms with van der Waals surface area (Å²) in [5.74, 6) is -0.0971. The number of benzene rings is 2. The van der Waals surface area contributed by atoms with Crippen molar-refractivity contribution in [3.63, 3.8) is 0 Å². The predicted octanol–water partition coefficient (Wildman–Crippen LogP) is 5.66. The van der Waals surface area contributed by atoms with Gasteiger partial charge in [-0.1, -0.05) is 34.8 Å². The highest BCUT2D eigenvalue weighted by molar-refractivity contribution is 9.11. The lowest BCUT2D eigenvalue weighted by Crippen LogP contribution is -2.04. The number of thiazole rings is 2. The number of fused-ring (bicyclic) bond motifs is 2. The van der Waals surface area contributed by atoms with Crippen LogP contribution < -0.4 is 11.1 Å². The number of hydrogen-bond acceptors (Lipinski definition) is 6. The number of hydrogen-bond donors (Lipinski definition) is 2. The Morgan fingerprint density at radius 2 is 1.56 bits per heavy atom. The Kier molecular flexibility index (Phi) is 5.67. The van der Waals surface area contributed by atoms with Crippen molar-refractivity contribution in [2.75, 3.05) is 11.1 Å². The molecule has 4 aromatic rings. The standard InChI is InChI=1S/C9H7BrN2OS.C7H5BrN2S/c1-5(13)11-9-12-7-4-2-3-6(10)8(7)14-9;8-4-2-1-3-5-6(4)11-7(9)10-5/h2-4H,1H3,(H,11,12,13);1-3H,(H2,9,10). The van der Waals surface area contributed by atoms with Crippen molar-refractivity contribution in [2.24, 2.45) is 0 Å². The summed E-state index contributed by atoms with van der Waals surface area (Å²) in [6.45, 7) is 1.47. The highest BCUT2D eigenvalue weighted by Gasteiger charge is 2.06. The summed E-state index contributed by atoms with van der Waals surface area (Å²) in [7, 11) is 0. The fourth-order valence-corrected chi connectivity index (χ4v) is 4.90. The van der Waals surface area contributed by atoms with Crippen LogP contribution in [-0.4, -0.2) is 15.9 Å². The normalized spacial score (nSPS) is 10.5. The van der Waals surface area contributed by atoms with Gasteiger partial charge in [0.1, 0.15) is 0 Å². The smallest absolute Gasteiger partial charge is 0.223 e. The van der Waals surface area contributed by atoms with Gasteiger partial charge in [0.15, 0.2) is 10.3 Å². The topological polar surface area (TPSA) is 80.9 Å². The molecule has 3 N–H and O–H groups in total. The summed E-state index contributed by atoms with van der Waals surface area (Å²) < 4.78 is 4.23. The Labute approximate surface area is 168 Å². The van der Waals surface area contributed by atoms with Gasteiger partial charge in [-0.25, -0.2) is 9.97 Å². The second-order valence-electron chi connectivity index (χ2n) is 4.93. The summed E-state index contributed by atoms with van der Waals surface area (Å²) in [5.41, 5.74) is 7.40. The van der Waals surface area contributed by atoms with Crippen molar-refractivity contribution in [1.29, 1.82) is 0 Å². The highest BCUT2D eigenvalue weighted by atomic mass is 79.9. The molecule has 4 rings (SSSR count). The maximum atomic E-state index is 10.8. The molecule has 0 spiro atoms. The third kappa shape index (κ3) is 4.35. The van der Waals surface area contributed by atoms with Crippen molar-refractivity contribution in [2.45, 2.75) is 6.92 Å². The summed E-state index contributed by atoms with van der Waals surface area (Å²) in [4.78, 5) is 19.2. The number of halogens is 2. The summed E-state index contributed by atoms with van der Waals surface area (Å²) in [6.07, 6.45) is 0. The van der Waals surface area contributed by atoms with Crippen LogP contribution in [0, 0.1) is 0 Å². The minimum atomic E-state index is -0.0971. The number of anilines is 2. The summed E-state index contributed by atoms with van der Waals surface area (Å²) in [5, 5.41) is 3.92. The van der Waals surface area contributed by atoms with E-state index in [1.54, 1.807) is 0 Å². The first-order chi connectivity index (χ1) is 11.9. The number of nitrogens with zero attached hydrogens (tertiary/aromatic N) is 2. The molecule has 128 valence electrons. The highest BCUT2D eigenvalue weighted by Crippen LogP contribution is 2.32. The number of amides is 1. The number of nitrogens with two attached hydrogens (primary N) is 1. The van der Waals surface area contributed by atoms with E-state index in [9.17, 15) is 4.79 Å². The molecule has 9 heteroatoms. The molecule has 0 radical (unpaired) electrons. The van der Waals surface area contributed by atoms with Crippen molar-refractivity contribution < 1.29 is 4.79 Å². The van der Waals surface area contributed by atoms with Crippen LogP contribution >= 0.6 is 54.5 Å². The van der Waals surface area contributed by atoms with Gasteiger partial charge in [-0.2, -0.15) is 0 Å². The second-order valence-corrected chi connectivity index (χ2v) is 8.67. The molecule has 0 bridgehead atoms. The third-order valence-corrected chi connectivity index (χ3v) is 6.83. The first kappa shape index (κ1) is 18.2. The van der Waals surface area contributed by atoms with Crippen LogP contribution in [0.25, 0.3) is 20.4 Å². The lowest BCUT2D eigenvalue weighted by atomic mass is 10.3. The van der Waals surface area contributed by atoms with Crippen molar-refractivity contribution in [3.8, 4) is 0 Å². The second kappa shape index (κ2) is 7.77. The van der Waals surface area contributed by atoms with Crippen molar-refractivity contribution >= 4 is 91.1 Å². The summed E-state index contributed by atoms with van der Waals surface area (Å²) in [6, 6.07) is 11.7. The lowest BCUT2D eigenvalue weighted by Gasteiger charge is -1.91. The largest absolute Gasteiger partial charge is 0.375 e. The molecule has 0 atom stereocenters. The minimum Gasteiger partial charge on any atom is -0.375 e. The predicted molar refractivity (Wildman–Crippen MR) is 113 cm³/mol. The van der Waals surface area contributed by atoms with Crippen LogP contribution in [0.4, 0.5) is 10.3 Å². The van der Waals surface area contributed by atoms with Gasteiger partial charge in [-0.3, -0.25) is 4.79 Å². The maximum absolute atomic E-state index is 10.8. The van der Waals surface area contributed by atoms with Crippen LogP contribution in [0.1, 0.15) is 6.92 Å². The van der Waals surface area contributed by atoms with Crippen LogP contribution in [-0.2, 0) is 4.79 Å². The van der Waals surface area contributed by atoms with E-state index < -0.39 is 0 Å². The van der Waals surface area contributed by atoms with E-state index in [0.29, 0.717) is 10.3 Å². The molecule has 2 aromatic heterocycles. The van der Waals surface area contributed by atoms with E-state index in [4.69, 9.17) is 5.73 Å². The Morgan fingerprint density at radius 1 is 1.00 bits per heavy atom. The zero-order valence-electron chi connectivity index (χ0n) is 12.9. The molecule has 25 heavy (non-hydrogen) atoms. The zero-order valence-corrected chi connectivity index (χ0v) is 17.7. The van der Waals surface area contributed by atoms with Gasteiger partial charge in [0.25, 0.3) is 0 Å². The van der Waals surface area contributed by atoms with Gasteiger partial charge >= 0.3 is 0 Å². The number of rotatable bonds is 1. The number of nitrogens with one attached hydrogen (secondary N) is 1. The van der Waals surface area contributed by atoms with E-state index in [2.05, 4.69) is 47.1 Å². The quantitative estimate of drug-likeness (QED) is 0.354. The molecule has 0 saturated carbocycles. The van der Waals surface area contributed by atoms with Crippen LogP contribution in [0.5, 0.6) is 0 Å². The molecule has 0 aliphatic heterocycles. The van der Waals surface area contributed by atoms with Gasteiger partial charge in [0.2, 0.25) is 5.91 Å². The zero-order chi connectivity index (χ0) is 18.0. The van der Waals surface area contributed by atoms with Crippen molar-refractivity contribution in [3.05, 3.63) is 45.3 Å². The molecule has 1 amide bonds. The van der Waals surface area contributed by atoms with E-state index in [0.717, 1.165) is 29.4 Å². The van der Waals surface area contributed by atoms with Crippen LogP contribution in [0.2, 0.25) is 0 Å². The minimum absolute atomic E-state index is 0.0971. The van der Waals surface area contributed by atoms with Crippen LogP contribution in [0.3, 0.4) is 0 Å². The molecule has 0 saturated heterocycles. The Balaban J connectivity index is 0.000000150. The fourth-order valence-electron chi connectivity index (χ4n) is 2.05. The first-order valence-corrected chi connectivity index (χ1v) is 10.3. The molecule has 5 nitrogen and oxygen atoms in total.